The van der Waals surface area contributed by atoms with Crippen LogP contribution in [0, 0.1) is 0 Å². The van der Waals surface area contributed by atoms with E-state index in [0.717, 1.165) is 0 Å². The summed E-state index contributed by atoms with van der Waals surface area (Å²) in [5.41, 5.74) is 0. The first-order valence-electron chi connectivity index (χ1n) is 0.651. The monoisotopic (exact) mass is 122 g/mol. The van der Waals surface area contributed by atoms with Crippen LogP contribution in [0.5, 0.6) is 0 Å². The van der Waals surface area contributed by atoms with Crippen molar-refractivity contribution >= 4 is 41.6 Å². The lowest BCUT2D eigenvalue weighted by Gasteiger charge is -1.60. The fourth-order valence-electron chi connectivity index (χ4n) is 0. The molecule has 0 saturated heterocycles. The third-order valence-electron chi connectivity index (χ3n) is 0. The first kappa shape index (κ1) is 16.2. The maximum Gasteiger partial charge on any atom is 0.503 e. The standard InChI is InChI=1S/CH2O3.ClH.Mg/c2-1(3)4;;/h(H2,2,3,4);1H;. The summed E-state index contributed by atoms with van der Waals surface area (Å²) in [6.45, 7) is 0. The molecule has 2 N–H and O–H groups in total. The molecule has 0 aliphatic carbocycles. The quantitative estimate of drug-likeness (QED) is 0.454. The van der Waals surface area contributed by atoms with Gasteiger partial charge in [0.05, 0.1) is 0 Å². The number of halogens is 1. The van der Waals surface area contributed by atoms with Gasteiger partial charge in [0.15, 0.2) is 0 Å². The molecule has 0 spiro atoms. The minimum atomic E-state index is -1.83. The Morgan fingerprint density at radius 2 is 1.33 bits per heavy atom. The van der Waals surface area contributed by atoms with Crippen molar-refractivity contribution in [3.63, 3.8) is 0 Å². The molecule has 0 atom stereocenters. The maximum atomic E-state index is 8.56. The summed E-state index contributed by atoms with van der Waals surface area (Å²) in [5.74, 6) is 0. The van der Waals surface area contributed by atoms with Crippen LogP contribution in [0.3, 0.4) is 0 Å². The first-order valence-corrected chi connectivity index (χ1v) is 0.651. The normalized spacial score (nSPS) is 4.00. The van der Waals surface area contributed by atoms with Crippen LogP contribution in [0.1, 0.15) is 0 Å². The molecule has 0 saturated carbocycles. The molecule has 0 aromatic carbocycles. The van der Waals surface area contributed by atoms with Gasteiger partial charge in [-0.2, -0.15) is 0 Å². The molecule has 0 aromatic heterocycles. The van der Waals surface area contributed by atoms with Crippen LogP contribution in [0.25, 0.3) is 0 Å². The van der Waals surface area contributed by atoms with E-state index < -0.39 is 6.16 Å². The summed E-state index contributed by atoms with van der Waals surface area (Å²) < 4.78 is 0. The largest absolute Gasteiger partial charge is 0.503 e. The van der Waals surface area contributed by atoms with Gasteiger partial charge in [-0.1, -0.05) is 0 Å². The van der Waals surface area contributed by atoms with E-state index >= 15 is 0 Å². The van der Waals surface area contributed by atoms with Crippen molar-refractivity contribution in [2.75, 3.05) is 0 Å². The van der Waals surface area contributed by atoms with Crippen molar-refractivity contribution < 1.29 is 15.0 Å². The number of carboxylic acid groups (broad SMARTS) is 2. The predicted octanol–water partition coefficient (Wildman–Crippen LogP) is 0.263. The molecule has 0 unspecified atom stereocenters. The molecule has 6 heavy (non-hydrogen) atoms. The maximum absolute atomic E-state index is 8.56. The van der Waals surface area contributed by atoms with Gasteiger partial charge in [0, 0.05) is 23.1 Å². The Kier molecular flexibility index (Phi) is 24.4. The lowest BCUT2D eigenvalue weighted by molar-refractivity contribution is 0.137. The molecule has 3 nitrogen and oxygen atoms in total. The van der Waals surface area contributed by atoms with E-state index in [0.29, 0.717) is 0 Å². The van der Waals surface area contributed by atoms with E-state index in [2.05, 4.69) is 0 Å². The summed E-state index contributed by atoms with van der Waals surface area (Å²) in [4.78, 5) is 8.56. The molecule has 0 amide bonds. The van der Waals surface area contributed by atoms with Gasteiger partial charge in [0.1, 0.15) is 0 Å². The van der Waals surface area contributed by atoms with E-state index in [9.17, 15) is 0 Å². The molecule has 0 aliphatic heterocycles. The summed E-state index contributed by atoms with van der Waals surface area (Å²) in [7, 11) is 0. The zero-order valence-corrected chi connectivity index (χ0v) is 5.15. The summed E-state index contributed by atoms with van der Waals surface area (Å²) in [6.07, 6.45) is -1.83. The highest BCUT2D eigenvalue weighted by Gasteiger charge is 1.70. The zero-order chi connectivity index (χ0) is 3.58. The van der Waals surface area contributed by atoms with E-state index in [4.69, 9.17) is 15.0 Å². The zero-order valence-electron chi connectivity index (χ0n) is 2.92. The van der Waals surface area contributed by atoms with Gasteiger partial charge in [0.25, 0.3) is 0 Å². The Labute approximate surface area is 56.9 Å². The lowest BCUT2D eigenvalue weighted by atomic mass is 11.5. The van der Waals surface area contributed by atoms with Gasteiger partial charge in [-0.05, 0) is 0 Å². The number of carbonyl (C=O) groups is 1. The van der Waals surface area contributed by atoms with Gasteiger partial charge in [-0.25, -0.2) is 4.79 Å². The highest BCUT2D eigenvalue weighted by molar-refractivity contribution is 5.85. The topological polar surface area (TPSA) is 57.5 Å². The average Bonchev–Trinajstić information content (AvgIpc) is 0.811. The van der Waals surface area contributed by atoms with Gasteiger partial charge in [0.2, 0.25) is 0 Å². The second-order valence-corrected chi connectivity index (χ2v) is 0.283. The van der Waals surface area contributed by atoms with Crippen LogP contribution >= 0.6 is 12.4 Å². The fraction of sp³-hybridized carbons (Fsp3) is 0. The Bertz CT molecular complexity index is 33.8. The van der Waals surface area contributed by atoms with Gasteiger partial charge in [-0.15, -0.1) is 12.4 Å². The second-order valence-electron chi connectivity index (χ2n) is 0.283. The SMILES string of the molecule is Cl.O=C(O)O.[Mg]. The van der Waals surface area contributed by atoms with Crippen LogP contribution in [0.4, 0.5) is 4.79 Å². The molecule has 2 radical (unpaired) electrons. The molecule has 0 bridgehead atoms. The van der Waals surface area contributed by atoms with Crippen molar-refractivity contribution in [2.24, 2.45) is 0 Å². The molecular weight excluding hydrogens is 120 g/mol. The molecule has 0 fully saturated rings. The van der Waals surface area contributed by atoms with E-state index in [1.807, 2.05) is 0 Å². The minimum Gasteiger partial charge on any atom is -0.450 e. The van der Waals surface area contributed by atoms with Gasteiger partial charge >= 0.3 is 6.16 Å². The first-order chi connectivity index (χ1) is 1.73. The molecule has 5 heteroatoms. The fourth-order valence-corrected chi connectivity index (χ4v) is 0. The third kappa shape index (κ3) is 450. The Morgan fingerprint density at radius 3 is 1.33 bits per heavy atom. The smallest absolute Gasteiger partial charge is 0.450 e. The van der Waals surface area contributed by atoms with Gasteiger partial charge < -0.3 is 10.2 Å². The molecule has 34 valence electrons. The Morgan fingerprint density at radius 1 is 1.33 bits per heavy atom. The van der Waals surface area contributed by atoms with E-state index in [1.54, 1.807) is 0 Å². The van der Waals surface area contributed by atoms with Gasteiger partial charge in [-0.3, -0.25) is 0 Å². The molecular formula is CH3ClMgO3. The van der Waals surface area contributed by atoms with Crippen LogP contribution in [-0.4, -0.2) is 39.4 Å². The van der Waals surface area contributed by atoms with Crippen LogP contribution < -0.4 is 0 Å². The van der Waals surface area contributed by atoms with Crippen molar-refractivity contribution in [1.29, 1.82) is 0 Å². The van der Waals surface area contributed by atoms with E-state index in [1.165, 1.54) is 0 Å². The van der Waals surface area contributed by atoms with Crippen LogP contribution in [0.15, 0.2) is 0 Å². The summed E-state index contributed by atoms with van der Waals surface area (Å²) in [5, 5.41) is 13.9. The van der Waals surface area contributed by atoms with Crippen molar-refractivity contribution in [2.45, 2.75) is 0 Å². The van der Waals surface area contributed by atoms with Crippen molar-refractivity contribution in [3.8, 4) is 0 Å². The lowest BCUT2D eigenvalue weighted by Crippen LogP contribution is -1.81. The van der Waals surface area contributed by atoms with E-state index in [-0.39, 0.29) is 35.5 Å². The highest BCUT2D eigenvalue weighted by atomic mass is 35.5. The molecule has 0 heterocycles. The average molecular weight is 123 g/mol. The second kappa shape index (κ2) is 9.01. The Balaban J connectivity index is -0.0000000450. The van der Waals surface area contributed by atoms with Crippen molar-refractivity contribution in [3.05, 3.63) is 0 Å². The summed E-state index contributed by atoms with van der Waals surface area (Å²) >= 11 is 0. The van der Waals surface area contributed by atoms with Crippen LogP contribution in [0.2, 0.25) is 0 Å². The predicted molar refractivity (Wildman–Crippen MR) is 23.7 cm³/mol. The Hall–Kier alpha value is 0.326. The number of rotatable bonds is 0. The van der Waals surface area contributed by atoms with Crippen LogP contribution in [-0.2, 0) is 0 Å². The third-order valence-corrected chi connectivity index (χ3v) is 0. The number of hydrogen-bond donors (Lipinski definition) is 2. The number of hydrogen-bond acceptors (Lipinski definition) is 1. The summed E-state index contributed by atoms with van der Waals surface area (Å²) in [6, 6.07) is 0. The minimum absolute atomic E-state index is 0. The highest BCUT2D eigenvalue weighted by Crippen LogP contribution is 1.42. The molecule has 0 rings (SSSR count). The van der Waals surface area contributed by atoms with Crippen molar-refractivity contribution in [1.82, 2.24) is 0 Å². The molecule has 0 aromatic rings. The molecule has 0 aliphatic rings.